The number of carbonyl (C=O) groups excluding carboxylic acids is 1. The van der Waals surface area contributed by atoms with Crippen molar-refractivity contribution >= 4 is 22.8 Å². The number of para-hydroxylation sites is 1. The van der Waals surface area contributed by atoms with Crippen LogP contribution < -0.4 is 5.73 Å². The highest BCUT2D eigenvalue weighted by atomic mass is 16.6. The van der Waals surface area contributed by atoms with E-state index in [0.29, 0.717) is 5.69 Å². The van der Waals surface area contributed by atoms with Crippen molar-refractivity contribution in [2.24, 2.45) is 0 Å². The second kappa shape index (κ2) is 5.39. The molecule has 3 rings (SSSR count). The molecule has 1 aromatic carbocycles. The predicted molar refractivity (Wildman–Crippen MR) is 89.0 cm³/mol. The smallest absolute Gasteiger partial charge is 0.437 e. The molecule has 118 valence electrons. The van der Waals surface area contributed by atoms with Crippen LogP contribution in [0.3, 0.4) is 0 Å². The molecule has 0 saturated carbocycles. The number of aromatic nitrogens is 3. The van der Waals surface area contributed by atoms with Crippen LogP contribution in [0.5, 0.6) is 0 Å². The topological polar surface area (TPSA) is 83.0 Å². The zero-order valence-electron chi connectivity index (χ0n) is 13.3. The average Bonchev–Trinajstić information content (AvgIpc) is 2.87. The van der Waals surface area contributed by atoms with Gasteiger partial charge in [0.15, 0.2) is 0 Å². The monoisotopic (exact) mass is 310 g/mol. The summed E-state index contributed by atoms with van der Waals surface area (Å²) in [6, 6.07) is 11.4. The van der Waals surface area contributed by atoms with E-state index in [1.165, 1.54) is 0 Å². The first-order chi connectivity index (χ1) is 10.8. The van der Waals surface area contributed by atoms with Gasteiger partial charge < -0.3 is 10.5 Å². The first-order valence-corrected chi connectivity index (χ1v) is 7.27. The van der Waals surface area contributed by atoms with E-state index in [4.69, 9.17) is 10.5 Å². The number of benzene rings is 1. The van der Waals surface area contributed by atoms with Gasteiger partial charge in [-0.05, 0) is 32.9 Å². The van der Waals surface area contributed by atoms with E-state index >= 15 is 0 Å². The lowest BCUT2D eigenvalue weighted by molar-refractivity contribution is 0.0519. The van der Waals surface area contributed by atoms with Crippen LogP contribution in [0.25, 0.3) is 22.2 Å². The Hall–Kier alpha value is -2.89. The minimum absolute atomic E-state index is 0.224. The molecule has 0 unspecified atom stereocenters. The summed E-state index contributed by atoms with van der Waals surface area (Å²) in [5.74, 6) is 0.224. The summed E-state index contributed by atoms with van der Waals surface area (Å²) in [6.45, 7) is 5.37. The van der Waals surface area contributed by atoms with Gasteiger partial charge in [0.2, 0.25) is 0 Å². The van der Waals surface area contributed by atoms with E-state index in [1.807, 2.05) is 30.3 Å². The summed E-state index contributed by atoms with van der Waals surface area (Å²) in [5.41, 5.74) is 7.54. The Morgan fingerprint density at radius 2 is 1.96 bits per heavy atom. The molecule has 2 N–H and O–H groups in total. The number of hydrogen-bond acceptors (Lipinski definition) is 5. The van der Waals surface area contributed by atoms with Gasteiger partial charge in [-0.25, -0.2) is 4.79 Å². The van der Waals surface area contributed by atoms with Gasteiger partial charge in [0.25, 0.3) is 0 Å². The van der Waals surface area contributed by atoms with Gasteiger partial charge in [-0.2, -0.15) is 5.10 Å². The first-order valence-electron chi connectivity index (χ1n) is 7.27. The van der Waals surface area contributed by atoms with Crippen molar-refractivity contribution in [3.05, 3.63) is 42.6 Å². The number of hydrogen-bond donors (Lipinski definition) is 1. The van der Waals surface area contributed by atoms with Crippen molar-refractivity contribution in [1.82, 2.24) is 14.8 Å². The second-order valence-electron chi connectivity index (χ2n) is 6.26. The third kappa shape index (κ3) is 3.15. The Bertz CT molecular complexity index is 878. The van der Waals surface area contributed by atoms with Gasteiger partial charge in [0, 0.05) is 23.2 Å². The van der Waals surface area contributed by atoms with E-state index in [2.05, 4.69) is 10.1 Å². The summed E-state index contributed by atoms with van der Waals surface area (Å²) in [7, 11) is 0. The van der Waals surface area contributed by atoms with Gasteiger partial charge in [-0.3, -0.25) is 4.98 Å². The summed E-state index contributed by atoms with van der Waals surface area (Å²) in [5, 5.41) is 5.24. The van der Waals surface area contributed by atoms with Gasteiger partial charge in [-0.1, -0.05) is 18.2 Å². The summed E-state index contributed by atoms with van der Waals surface area (Å²) in [6.07, 6.45) is 1.11. The molecule has 0 aliphatic carbocycles. The number of nitrogens with zero attached hydrogens (tertiary/aromatic N) is 3. The Kier molecular flexibility index (Phi) is 3.52. The Labute approximate surface area is 133 Å². The van der Waals surface area contributed by atoms with Crippen LogP contribution in [0.15, 0.2) is 42.6 Å². The number of nitrogens with two attached hydrogens (primary N) is 1. The molecule has 6 nitrogen and oxygen atoms in total. The zero-order chi connectivity index (χ0) is 16.6. The molecule has 3 aromatic rings. The van der Waals surface area contributed by atoms with Crippen LogP contribution in [-0.4, -0.2) is 26.5 Å². The fourth-order valence-corrected chi connectivity index (χ4v) is 2.20. The zero-order valence-corrected chi connectivity index (χ0v) is 13.3. The van der Waals surface area contributed by atoms with E-state index in [-0.39, 0.29) is 5.82 Å². The highest BCUT2D eigenvalue weighted by Crippen LogP contribution is 2.24. The van der Waals surface area contributed by atoms with Gasteiger partial charge >= 0.3 is 6.09 Å². The van der Waals surface area contributed by atoms with Crippen molar-refractivity contribution in [1.29, 1.82) is 0 Å². The molecule has 0 aliphatic rings. The van der Waals surface area contributed by atoms with Crippen LogP contribution in [0, 0.1) is 0 Å². The summed E-state index contributed by atoms with van der Waals surface area (Å²) >= 11 is 0. The first kappa shape index (κ1) is 15.0. The van der Waals surface area contributed by atoms with Crippen LogP contribution in [0.1, 0.15) is 20.8 Å². The molecule has 0 radical (unpaired) electrons. The molecule has 23 heavy (non-hydrogen) atoms. The third-order valence-electron chi connectivity index (χ3n) is 3.19. The van der Waals surface area contributed by atoms with Gasteiger partial charge in [0.05, 0.1) is 11.2 Å². The molecule has 0 spiro atoms. The number of carbonyl (C=O) groups is 1. The molecule has 0 bridgehead atoms. The predicted octanol–water partition coefficient (Wildman–Crippen LogP) is 3.46. The van der Waals surface area contributed by atoms with Crippen molar-refractivity contribution in [3.63, 3.8) is 0 Å². The van der Waals surface area contributed by atoms with Crippen molar-refractivity contribution in [3.8, 4) is 11.3 Å². The minimum Gasteiger partial charge on any atom is -0.442 e. The molecule has 0 fully saturated rings. The number of fused-ring (bicyclic) bond motifs is 1. The lowest BCUT2D eigenvalue weighted by Crippen LogP contribution is -2.28. The Balaban J connectivity index is 1.97. The van der Waals surface area contributed by atoms with Gasteiger partial charge in [-0.15, -0.1) is 4.68 Å². The van der Waals surface area contributed by atoms with Gasteiger partial charge in [0.1, 0.15) is 11.4 Å². The standard InChI is InChI=1S/C17H18N4O2/c1-17(2,3)23-16(22)21-15(18)9-14(20-21)12-8-11-6-4-5-7-13(11)19-10-12/h4-10H,18H2,1-3H3. The maximum Gasteiger partial charge on any atom is 0.437 e. The molecule has 2 heterocycles. The van der Waals surface area contributed by atoms with E-state index < -0.39 is 11.7 Å². The summed E-state index contributed by atoms with van der Waals surface area (Å²) in [4.78, 5) is 16.5. The fourth-order valence-electron chi connectivity index (χ4n) is 2.20. The Morgan fingerprint density at radius 3 is 2.70 bits per heavy atom. The highest BCUT2D eigenvalue weighted by Gasteiger charge is 2.21. The number of pyridine rings is 1. The van der Waals surface area contributed by atoms with Crippen LogP contribution >= 0.6 is 0 Å². The van der Waals surface area contributed by atoms with E-state index in [0.717, 1.165) is 21.1 Å². The number of ether oxygens (including phenoxy) is 1. The molecule has 0 saturated heterocycles. The Morgan fingerprint density at radius 1 is 1.22 bits per heavy atom. The lowest BCUT2D eigenvalue weighted by atomic mass is 10.1. The third-order valence-corrected chi connectivity index (χ3v) is 3.19. The maximum absolute atomic E-state index is 12.1. The fraction of sp³-hybridized carbons (Fsp3) is 0.235. The SMILES string of the molecule is CC(C)(C)OC(=O)n1nc(-c2cnc3ccccc3c2)cc1N. The highest BCUT2D eigenvalue weighted by molar-refractivity contribution is 5.84. The van der Waals surface area contributed by atoms with Crippen molar-refractivity contribution in [2.45, 2.75) is 26.4 Å². The molecular formula is C17H18N4O2. The average molecular weight is 310 g/mol. The number of anilines is 1. The van der Waals surface area contributed by atoms with Crippen LogP contribution in [-0.2, 0) is 4.74 Å². The van der Waals surface area contributed by atoms with Crippen LogP contribution in [0.4, 0.5) is 10.6 Å². The summed E-state index contributed by atoms with van der Waals surface area (Å²) < 4.78 is 6.36. The lowest BCUT2D eigenvalue weighted by Gasteiger charge is -2.19. The van der Waals surface area contributed by atoms with Crippen LogP contribution in [0.2, 0.25) is 0 Å². The molecule has 0 atom stereocenters. The van der Waals surface area contributed by atoms with E-state index in [9.17, 15) is 4.79 Å². The van der Waals surface area contributed by atoms with Crippen molar-refractivity contribution in [2.75, 3.05) is 5.73 Å². The maximum atomic E-state index is 12.1. The number of nitrogen functional groups attached to an aromatic ring is 1. The molecular weight excluding hydrogens is 292 g/mol. The van der Waals surface area contributed by atoms with E-state index in [1.54, 1.807) is 33.0 Å². The molecule has 2 aromatic heterocycles. The molecule has 0 amide bonds. The number of rotatable bonds is 1. The normalized spacial score (nSPS) is 11.6. The quantitative estimate of drug-likeness (QED) is 0.744. The second-order valence-corrected chi connectivity index (χ2v) is 6.26. The molecule has 6 heteroatoms. The minimum atomic E-state index is -0.611. The largest absolute Gasteiger partial charge is 0.442 e. The molecule has 0 aliphatic heterocycles. The van der Waals surface area contributed by atoms with Crippen molar-refractivity contribution < 1.29 is 9.53 Å².